The van der Waals surface area contributed by atoms with Crippen LogP contribution in [-0.4, -0.2) is 54.4 Å². The number of amides is 1. The Balaban J connectivity index is 1.41. The molecule has 5 nitrogen and oxygen atoms in total. The van der Waals surface area contributed by atoms with Gasteiger partial charge in [0.1, 0.15) is 0 Å². The van der Waals surface area contributed by atoms with Crippen molar-refractivity contribution in [2.45, 2.75) is 51.4 Å². The molecule has 138 valence electrons. The van der Waals surface area contributed by atoms with E-state index in [0.717, 1.165) is 38.8 Å². The molecular formula is C20H30N2O3. The van der Waals surface area contributed by atoms with E-state index in [4.69, 9.17) is 4.74 Å². The molecule has 2 heterocycles. The van der Waals surface area contributed by atoms with Crippen LogP contribution < -0.4 is 5.32 Å². The number of benzene rings is 1. The van der Waals surface area contributed by atoms with Crippen molar-refractivity contribution in [2.75, 3.05) is 26.2 Å². The zero-order valence-corrected chi connectivity index (χ0v) is 15.1. The molecular weight excluding hydrogens is 316 g/mol. The third kappa shape index (κ3) is 5.03. The Morgan fingerprint density at radius 3 is 3.00 bits per heavy atom. The van der Waals surface area contributed by atoms with Gasteiger partial charge < -0.3 is 15.2 Å². The summed E-state index contributed by atoms with van der Waals surface area (Å²) in [5.41, 5.74) is 2.75. The van der Waals surface area contributed by atoms with E-state index in [1.54, 1.807) is 0 Å². The summed E-state index contributed by atoms with van der Waals surface area (Å²) in [5.74, 6) is 0.0811. The number of aliphatic hydroxyl groups is 1. The number of aliphatic hydroxyl groups excluding tert-OH is 1. The number of hydrogen-bond donors (Lipinski definition) is 2. The minimum atomic E-state index is -0.531. The topological polar surface area (TPSA) is 61.8 Å². The smallest absolute Gasteiger partial charge is 0.223 e. The van der Waals surface area contributed by atoms with Gasteiger partial charge in [0.25, 0.3) is 0 Å². The Morgan fingerprint density at radius 1 is 1.40 bits per heavy atom. The van der Waals surface area contributed by atoms with Crippen LogP contribution in [0.3, 0.4) is 0 Å². The minimum absolute atomic E-state index is 0.0211. The number of rotatable bonds is 6. The summed E-state index contributed by atoms with van der Waals surface area (Å²) in [7, 11) is 0. The highest BCUT2D eigenvalue weighted by Crippen LogP contribution is 2.22. The number of carbonyl (C=O) groups excluding carboxylic acids is 1. The molecule has 3 unspecified atom stereocenters. The van der Waals surface area contributed by atoms with Gasteiger partial charge in [0, 0.05) is 38.7 Å². The first kappa shape index (κ1) is 18.4. The number of hydrogen-bond acceptors (Lipinski definition) is 4. The second kappa shape index (κ2) is 8.79. The maximum Gasteiger partial charge on any atom is 0.223 e. The Bertz CT molecular complexity index is 578. The van der Waals surface area contributed by atoms with E-state index >= 15 is 0 Å². The summed E-state index contributed by atoms with van der Waals surface area (Å²) in [6.45, 7) is 5.50. The van der Waals surface area contributed by atoms with Crippen LogP contribution in [0, 0.1) is 5.92 Å². The quantitative estimate of drug-likeness (QED) is 0.823. The van der Waals surface area contributed by atoms with Crippen molar-refractivity contribution in [1.29, 1.82) is 0 Å². The van der Waals surface area contributed by atoms with Gasteiger partial charge in [0.05, 0.1) is 12.2 Å². The molecule has 2 aliphatic rings. The number of nitrogens with zero attached hydrogens (tertiary/aromatic N) is 1. The molecule has 1 fully saturated rings. The molecule has 3 rings (SSSR count). The molecule has 1 amide bonds. The normalized spacial score (nSPS) is 25.2. The average molecular weight is 346 g/mol. The van der Waals surface area contributed by atoms with Gasteiger partial charge in [-0.2, -0.15) is 0 Å². The standard InChI is InChI=1S/C20H30N2O3/c1-2-19-11-16(8-10-25-19)20(24)21-12-18(23)14-22-9-7-15-5-3-4-6-17(15)13-22/h3-6,16,18-19,23H,2,7-14H2,1H3,(H,21,24). The first-order valence-electron chi connectivity index (χ1n) is 9.52. The molecule has 3 atom stereocenters. The van der Waals surface area contributed by atoms with Crippen LogP contribution in [0.1, 0.15) is 37.3 Å². The van der Waals surface area contributed by atoms with Crippen molar-refractivity contribution in [2.24, 2.45) is 5.92 Å². The van der Waals surface area contributed by atoms with Crippen molar-refractivity contribution < 1.29 is 14.6 Å². The van der Waals surface area contributed by atoms with Crippen LogP contribution in [0.25, 0.3) is 0 Å². The zero-order chi connectivity index (χ0) is 17.6. The highest BCUT2D eigenvalue weighted by Gasteiger charge is 2.27. The Morgan fingerprint density at radius 2 is 2.20 bits per heavy atom. The summed E-state index contributed by atoms with van der Waals surface area (Å²) in [4.78, 5) is 14.6. The van der Waals surface area contributed by atoms with E-state index < -0.39 is 6.10 Å². The van der Waals surface area contributed by atoms with Crippen LogP contribution in [-0.2, 0) is 22.5 Å². The number of nitrogens with one attached hydrogen (secondary N) is 1. The average Bonchev–Trinajstić information content (AvgIpc) is 2.66. The molecule has 0 saturated carbocycles. The summed E-state index contributed by atoms with van der Waals surface area (Å²) < 4.78 is 5.63. The van der Waals surface area contributed by atoms with Crippen LogP contribution in [0.5, 0.6) is 0 Å². The third-order valence-electron chi connectivity index (χ3n) is 5.38. The number of fused-ring (bicyclic) bond motifs is 1. The molecule has 0 radical (unpaired) electrons. The van der Waals surface area contributed by atoms with Gasteiger partial charge in [-0.3, -0.25) is 9.69 Å². The first-order valence-corrected chi connectivity index (χ1v) is 9.52. The molecule has 25 heavy (non-hydrogen) atoms. The van der Waals surface area contributed by atoms with Gasteiger partial charge in [-0.15, -0.1) is 0 Å². The van der Waals surface area contributed by atoms with E-state index in [2.05, 4.69) is 41.4 Å². The third-order valence-corrected chi connectivity index (χ3v) is 5.38. The fourth-order valence-corrected chi connectivity index (χ4v) is 3.84. The Hall–Kier alpha value is -1.43. The van der Waals surface area contributed by atoms with Crippen LogP contribution in [0.4, 0.5) is 0 Å². The molecule has 0 spiro atoms. The molecule has 2 aliphatic heterocycles. The summed E-state index contributed by atoms with van der Waals surface area (Å²) in [6, 6.07) is 8.49. The molecule has 1 aromatic rings. The number of carbonyl (C=O) groups is 1. The van der Waals surface area contributed by atoms with Gasteiger partial charge in [-0.25, -0.2) is 0 Å². The summed E-state index contributed by atoms with van der Waals surface area (Å²) in [6.07, 6.45) is 3.21. The second-order valence-electron chi connectivity index (χ2n) is 7.28. The SMILES string of the molecule is CCC1CC(C(=O)NCC(O)CN2CCc3ccccc3C2)CCO1. The minimum Gasteiger partial charge on any atom is -0.390 e. The first-order chi connectivity index (χ1) is 12.2. The fraction of sp³-hybridized carbons (Fsp3) is 0.650. The van der Waals surface area contributed by atoms with Crippen LogP contribution >= 0.6 is 0 Å². The Labute approximate surface area is 150 Å². The van der Waals surface area contributed by atoms with Crippen molar-refractivity contribution >= 4 is 5.91 Å². The van der Waals surface area contributed by atoms with Gasteiger partial charge in [0.2, 0.25) is 5.91 Å². The molecule has 2 N–H and O–H groups in total. The van der Waals surface area contributed by atoms with E-state index in [9.17, 15) is 9.90 Å². The molecule has 1 aromatic carbocycles. The second-order valence-corrected chi connectivity index (χ2v) is 7.28. The lowest BCUT2D eigenvalue weighted by molar-refractivity contribution is -0.130. The predicted octanol–water partition coefficient (Wildman–Crippen LogP) is 1.73. The van der Waals surface area contributed by atoms with Crippen molar-refractivity contribution in [1.82, 2.24) is 10.2 Å². The van der Waals surface area contributed by atoms with Gasteiger partial charge in [0.15, 0.2) is 0 Å². The fourth-order valence-electron chi connectivity index (χ4n) is 3.84. The van der Waals surface area contributed by atoms with E-state index in [1.165, 1.54) is 11.1 Å². The summed E-state index contributed by atoms with van der Waals surface area (Å²) in [5, 5.41) is 13.2. The highest BCUT2D eigenvalue weighted by atomic mass is 16.5. The van der Waals surface area contributed by atoms with E-state index in [0.29, 0.717) is 19.7 Å². The molecule has 5 heteroatoms. The highest BCUT2D eigenvalue weighted by molar-refractivity contribution is 5.78. The molecule has 0 aliphatic carbocycles. The largest absolute Gasteiger partial charge is 0.390 e. The predicted molar refractivity (Wildman–Crippen MR) is 97.2 cm³/mol. The Kier molecular flexibility index (Phi) is 6.45. The van der Waals surface area contributed by atoms with E-state index in [-0.39, 0.29) is 17.9 Å². The summed E-state index contributed by atoms with van der Waals surface area (Å²) >= 11 is 0. The van der Waals surface area contributed by atoms with Crippen LogP contribution in [0.15, 0.2) is 24.3 Å². The lowest BCUT2D eigenvalue weighted by atomic mass is 9.93. The monoisotopic (exact) mass is 346 g/mol. The van der Waals surface area contributed by atoms with E-state index in [1.807, 2.05) is 0 Å². The molecule has 0 aromatic heterocycles. The molecule has 1 saturated heterocycles. The number of ether oxygens (including phenoxy) is 1. The van der Waals surface area contributed by atoms with Gasteiger partial charge in [-0.1, -0.05) is 31.2 Å². The van der Waals surface area contributed by atoms with Crippen molar-refractivity contribution in [3.05, 3.63) is 35.4 Å². The van der Waals surface area contributed by atoms with Crippen molar-refractivity contribution in [3.63, 3.8) is 0 Å². The lowest BCUT2D eigenvalue weighted by Crippen LogP contribution is -2.44. The number of β-amino-alcohol motifs (C(OH)–C–C–N with tert-alkyl or cyclic N) is 1. The van der Waals surface area contributed by atoms with Crippen molar-refractivity contribution in [3.8, 4) is 0 Å². The maximum absolute atomic E-state index is 12.3. The van der Waals surface area contributed by atoms with Gasteiger partial charge >= 0.3 is 0 Å². The van der Waals surface area contributed by atoms with Crippen LogP contribution in [0.2, 0.25) is 0 Å². The molecule has 0 bridgehead atoms. The maximum atomic E-state index is 12.3. The zero-order valence-electron chi connectivity index (χ0n) is 15.1. The lowest BCUT2D eigenvalue weighted by Gasteiger charge is -2.31. The van der Waals surface area contributed by atoms with Gasteiger partial charge in [-0.05, 0) is 36.8 Å².